The van der Waals surface area contributed by atoms with E-state index in [4.69, 9.17) is 9.47 Å². The fourth-order valence-electron chi connectivity index (χ4n) is 2.77. The number of rotatable bonds is 7. The molecule has 0 N–H and O–H groups in total. The van der Waals surface area contributed by atoms with Crippen molar-refractivity contribution in [3.05, 3.63) is 99.5 Å². The third-order valence-corrected chi connectivity index (χ3v) is 5.03. The molecule has 0 saturated heterocycles. The minimum absolute atomic E-state index is 0.147. The van der Waals surface area contributed by atoms with Crippen LogP contribution in [0.25, 0.3) is 0 Å². The quantitative estimate of drug-likeness (QED) is 0.454. The van der Waals surface area contributed by atoms with Crippen LogP contribution < -0.4 is 4.74 Å². The minimum atomic E-state index is -0.522. The normalized spacial score (nSPS) is 10.4. The van der Waals surface area contributed by atoms with Gasteiger partial charge in [-0.25, -0.2) is 4.79 Å². The van der Waals surface area contributed by atoms with Crippen molar-refractivity contribution in [1.29, 1.82) is 0 Å². The molecule has 0 radical (unpaired) electrons. The standard InChI is InChI=1S/C24H22BrNO4/c1-26(2)23(27)19-14-22(29-15-17-9-5-3-6-10-17)20(13-21(19)25)24(28)30-16-18-11-7-4-8-12-18/h3-14H,15-16H2,1-2H3. The van der Waals surface area contributed by atoms with Gasteiger partial charge in [0.1, 0.15) is 24.5 Å². The summed E-state index contributed by atoms with van der Waals surface area (Å²) in [5, 5.41) is 0. The highest BCUT2D eigenvalue weighted by Crippen LogP contribution is 2.30. The van der Waals surface area contributed by atoms with Gasteiger partial charge in [-0.2, -0.15) is 0 Å². The molecule has 0 fully saturated rings. The molecule has 154 valence electrons. The molecule has 30 heavy (non-hydrogen) atoms. The molecule has 0 aliphatic heterocycles. The summed E-state index contributed by atoms with van der Waals surface area (Å²) in [4.78, 5) is 26.8. The number of ether oxygens (including phenoxy) is 2. The number of hydrogen-bond acceptors (Lipinski definition) is 4. The lowest BCUT2D eigenvalue weighted by molar-refractivity contribution is 0.0467. The van der Waals surface area contributed by atoms with Crippen molar-refractivity contribution >= 4 is 27.8 Å². The van der Waals surface area contributed by atoms with E-state index in [0.717, 1.165) is 11.1 Å². The molecule has 0 unspecified atom stereocenters. The number of halogens is 1. The third-order valence-electron chi connectivity index (χ3n) is 4.38. The third kappa shape index (κ3) is 5.48. The number of benzene rings is 3. The molecule has 3 rings (SSSR count). The molecule has 0 spiro atoms. The van der Waals surface area contributed by atoms with Gasteiger partial charge in [-0.3, -0.25) is 4.79 Å². The zero-order valence-corrected chi connectivity index (χ0v) is 18.4. The van der Waals surface area contributed by atoms with Crippen molar-refractivity contribution in [3.8, 4) is 5.75 Å². The predicted octanol–water partition coefficient (Wildman–Crippen LogP) is 5.09. The van der Waals surface area contributed by atoms with E-state index in [1.54, 1.807) is 26.2 Å². The van der Waals surface area contributed by atoms with Crippen LogP contribution in [0.5, 0.6) is 5.75 Å². The van der Waals surface area contributed by atoms with Crippen LogP contribution in [0.4, 0.5) is 0 Å². The summed E-state index contributed by atoms with van der Waals surface area (Å²) in [5.74, 6) is -0.424. The molecule has 0 aliphatic rings. The van der Waals surface area contributed by atoms with E-state index >= 15 is 0 Å². The molecule has 0 saturated carbocycles. The first-order valence-electron chi connectivity index (χ1n) is 9.38. The summed E-state index contributed by atoms with van der Waals surface area (Å²) >= 11 is 3.40. The minimum Gasteiger partial charge on any atom is -0.488 e. The van der Waals surface area contributed by atoms with E-state index in [1.807, 2.05) is 60.7 Å². The van der Waals surface area contributed by atoms with Gasteiger partial charge in [0.05, 0.1) is 5.56 Å². The Morgan fingerprint density at radius 3 is 1.97 bits per heavy atom. The molecular formula is C24H22BrNO4. The summed E-state index contributed by atoms with van der Waals surface area (Å²) in [7, 11) is 3.34. The summed E-state index contributed by atoms with van der Waals surface area (Å²) < 4.78 is 11.9. The van der Waals surface area contributed by atoms with Crippen molar-refractivity contribution in [2.45, 2.75) is 13.2 Å². The molecule has 3 aromatic carbocycles. The molecular weight excluding hydrogens is 446 g/mol. The molecule has 1 amide bonds. The maximum absolute atomic E-state index is 12.8. The molecule has 0 atom stereocenters. The van der Waals surface area contributed by atoms with Gasteiger partial charge < -0.3 is 14.4 Å². The number of carbonyl (C=O) groups excluding carboxylic acids is 2. The lowest BCUT2D eigenvalue weighted by atomic mass is 10.1. The fraction of sp³-hybridized carbons (Fsp3) is 0.167. The van der Waals surface area contributed by atoms with E-state index in [1.165, 1.54) is 4.90 Å². The molecule has 0 heterocycles. The Labute approximate surface area is 184 Å². The molecule has 0 aliphatic carbocycles. The average Bonchev–Trinajstić information content (AvgIpc) is 2.77. The Morgan fingerprint density at radius 1 is 0.833 bits per heavy atom. The van der Waals surface area contributed by atoms with E-state index in [9.17, 15) is 9.59 Å². The number of amides is 1. The van der Waals surface area contributed by atoms with Crippen molar-refractivity contribution in [2.24, 2.45) is 0 Å². The van der Waals surface area contributed by atoms with Gasteiger partial charge in [0.25, 0.3) is 5.91 Å². The Morgan fingerprint density at radius 2 is 1.40 bits per heavy atom. The number of nitrogens with zero attached hydrogens (tertiary/aromatic N) is 1. The van der Waals surface area contributed by atoms with Crippen molar-refractivity contribution < 1.29 is 19.1 Å². The van der Waals surface area contributed by atoms with Crippen LogP contribution >= 0.6 is 15.9 Å². The maximum Gasteiger partial charge on any atom is 0.342 e. The molecule has 6 heteroatoms. The van der Waals surface area contributed by atoms with E-state index in [-0.39, 0.29) is 24.7 Å². The summed E-state index contributed by atoms with van der Waals surface area (Å²) in [5.41, 5.74) is 2.49. The lowest BCUT2D eigenvalue weighted by Crippen LogP contribution is -2.22. The van der Waals surface area contributed by atoms with Gasteiger partial charge in [-0.05, 0) is 39.2 Å². The zero-order chi connectivity index (χ0) is 21.5. The van der Waals surface area contributed by atoms with Gasteiger partial charge in [-0.1, -0.05) is 60.7 Å². The van der Waals surface area contributed by atoms with Crippen LogP contribution in [0.3, 0.4) is 0 Å². The summed E-state index contributed by atoms with van der Waals surface area (Å²) in [6.07, 6.45) is 0. The molecule has 5 nitrogen and oxygen atoms in total. The highest BCUT2D eigenvalue weighted by Gasteiger charge is 2.21. The Bertz CT molecular complexity index is 1020. The number of hydrogen-bond donors (Lipinski definition) is 0. The second kappa shape index (κ2) is 10.1. The SMILES string of the molecule is CN(C)C(=O)c1cc(OCc2ccccc2)c(C(=O)OCc2ccccc2)cc1Br. The van der Waals surface area contributed by atoms with Gasteiger partial charge in [0.15, 0.2) is 0 Å². The molecule has 3 aromatic rings. The first kappa shape index (κ1) is 21.6. The van der Waals surface area contributed by atoms with Crippen LogP contribution in [-0.2, 0) is 18.0 Å². The number of carbonyl (C=O) groups is 2. The number of esters is 1. The smallest absolute Gasteiger partial charge is 0.342 e. The van der Waals surface area contributed by atoms with E-state index in [0.29, 0.717) is 15.8 Å². The highest BCUT2D eigenvalue weighted by molar-refractivity contribution is 9.10. The lowest BCUT2D eigenvalue weighted by Gasteiger charge is -2.16. The Balaban J connectivity index is 1.88. The molecule has 0 aromatic heterocycles. The van der Waals surface area contributed by atoms with Gasteiger partial charge >= 0.3 is 5.97 Å². The van der Waals surface area contributed by atoms with Crippen molar-refractivity contribution in [2.75, 3.05) is 14.1 Å². The second-order valence-corrected chi connectivity index (χ2v) is 7.72. The van der Waals surface area contributed by atoms with Gasteiger partial charge in [-0.15, -0.1) is 0 Å². The molecule has 0 bridgehead atoms. The first-order chi connectivity index (χ1) is 14.5. The van der Waals surface area contributed by atoms with Crippen LogP contribution in [-0.4, -0.2) is 30.9 Å². The largest absolute Gasteiger partial charge is 0.488 e. The fourth-order valence-corrected chi connectivity index (χ4v) is 3.29. The monoisotopic (exact) mass is 467 g/mol. The average molecular weight is 468 g/mol. The van der Waals surface area contributed by atoms with E-state index in [2.05, 4.69) is 15.9 Å². The Kier molecular flexibility index (Phi) is 7.25. The second-order valence-electron chi connectivity index (χ2n) is 6.86. The van der Waals surface area contributed by atoms with Crippen LogP contribution in [0, 0.1) is 0 Å². The van der Waals surface area contributed by atoms with E-state index < -0.39 is 5.97 Å². The highest BCUT2D eigenvalue weighted by atomic mass is 79.9. The van der Waals surface area contributed by atoms with Crippen LogP contribution in [0.15, 0.2) is 77.3 Å². The van der Waals surface area contributed by atoms with Gasteiger partial charge in [0.2, 0.25) is 0 Å². The predicted molar refractivity (Wildman–Crippen MR) is 118 cm³/mol. The zero-order valence-electron chi connectivity index (χ0n) is 16.8. The van der Waals surface area contributed by atoms with Gasteiger partial charge in [0, 0.05) is 18.6 Å². The topological polar surface area (TPSA) is 55.8 Å². The maximum atomic E-state index is 12.8. The van der Waals surface area contributed by atoms with Crippen molar-refractivity contribution in [3.63, 3.8) is 0 Å². The van der Waals surface area contributed by atoms with Crippen molar-refractivity contribution in [1.82, 2.24) is 4.90 Å². The van der Waals surface area contributed by atoms with Crippen LogP contribution in [0.2, 0.25) is 0 Å². The summed E-state index contributed by atoms with van der Waals surface area (Å²) in [6, 6.07) is 22.2. The Hall–Kier alpha value is -3.12. The summed E-state index contributed by atoms with van der Waals surface area (Å²) in [6.45, 7) is 0.408. The first-order valence-corrected chi connectivity index (χ1v) is 10.2. The van der Waals surface area contributed by atoms with Crippen LogP contribution in [0.1, 0.15) is 31.8 Å².